The highest BCUT2D eigenvalue weighted by atomic mass is 32.1. The minimum absolute atomic E-state index is 0.0936. The average molecular weight is 409 g/mol. The van der Waals surface area contributed by atoms with Crippen molar-refractivity contribution in [2.24, 2.45) is 40.9 Å². The molecule has 0 aliphatic heterocycles. The van der Waals surface area contributed by atoms with E-state index in [1.54, 1.807) is 0 Å². The van der Waals surface area contributed by atoms with Crippen molar-refractivity contribution in [1.82, 2.24) is 0 Å². The van der Waals surface area contributed by atoms with Crippen LogP contribution in [0, 0.1) is 40.9 Å². The number of fused-ring (bicyclic) bond motifs is 5. The molecule has 4 fully saturated rings. The molecule has 0 heterocycles. The first-order valence-electron chi connectivity index (χ1n) is 11.6. The third-order valence-electron chi connectivity index (χ3n) is 9.76. The zero-order valence-electron chi connectivity index (χ0n) is 17.6. The minimum atomic E-state index is -0.756. The van der Waals surface area contributed by atoms with Gasteiger partial charge in [0.05, 0.1) is 18.3 Å². The second-order valence-electron chi connectivity index (χ2n) is 10.9. The molecule has 11 unspecified atom stereocenters. The Bertz CT molecular complexity index is 596. The molecule has 4 aliphatic rings. The molecular weight excluding hydrogens is 368 g/mol. The van der Waals surface area contributed by atoms with E-state index in [0.29, 0.717) is 30.1 Å². The van der Waals surface area contributed by atoms with Crippen LogP contribution in [0.15, 0.2) is 12.7 Å². The first kappa shape index (κ1) is 21.2. The van der Waals surface area contributed by atoms with Gasteiger partial charge in [-0.3, -0.25) is 0 Å². The summed E-state index contributed by atoms with van der Waals surface area (Å²) < 4.78 is -0.240. The van der Waals surface area contributed by atoms with Crippen LogP contribution in [0.25, 0.3) is 0 Å². The predicted octanol–water partition coefficient (Wildman–Crippen LogP) is 4.21. The van der Waals surface area contributed by atoms with Crippen LogP contribution in [0.4, 0.5) is 0 Å². The normalized spacial score (nSPS) is 54.4. The number of hydrogen-bond acceptors (Lipinski definition) is 4. The number of hydrogen-bond donors (Lipinski definition) is 4. The van der Waals surface area contributed by atoms with Crippen molar-refractivity contribution >= 4 is 12.6 Å². The van der Waals surface area contributed by atoms with Gasteiger partial charge >= 0.3 is 0 Å². The fourth-order valence-corrected chi connectivity index (χ4v) is 9.06. The Morgan fingerprint density at radius 1 is 1.04 bits per heavy atom. The molecule has 4 aliphatic carbocycles. The summed E-state index contributed by atoms with van der Waals surface area (Å²) in [7, 11) is 0. The van der Waals surface area contributed by atoms with E-state index in [0.717, 1.165) is 25.7 Å². The fraction of sp³-hybridized carbons (Fsp3) is 0.917. The Morgan fingerprint density at radius 3 is 2.50 bits per heavy atom. The smallest absolute Gasteiger partial charge is 0.0844 e. The van der Waals surface area contributed by atoms with Gasteiger partial charge in [0, 0.05) is 10.7 Å². The second kappa shape index (κ2) is 7.59. The zero-order chi connectivity index (χ0) is 20.3. The topological polar surface area (TPSA) is 60.7 Å². The number of thiol groups is 1. The Morgan fingerprint density at radius 2 is 1.79 bits per heavy atom. The maximum Gasteiger partial charge on any atom is 0.0844 e. The standard InChI is InChI=1S/C24H40O3S/c1-4-5-6-14(2)16-7-8-17-20-18(10-11-23(16,17)3)24(28)12-9-15(25)13-19(24)21(26)22(20)27/h4,14-22,25-28H,1,5-13H2,2-3H3. The van der Waals surface area contributed by atoms with Crippen LogP contribution in [0.1, 0.15) is 71.6 Å². The number of allylic oxidation sites excluding steroid dienone is 1. The average Bonchev–Trinajstić information content (AvgIpc) is 3.02. The summed E-state index contributed by atoms with van der Waals surface area (Å²) in [6.45, 7) is 8.77. The number of aliphatic hydroxyl groups is 3. The van der Waals surface area contributed by atoms with Crippen LogP contribution in [0.3, 0.4) is 0 Å². The van der Waals surface area contributed by atoms with E-state index in [-0.39, 0.29) is 28.1 Å². The van der Waals surface area contributed by atoms with Gasteiger partial charge in [-0.1, -0.05) is 19.9 Å². The molecule has 160 valence electrons. The van der Waals surface area contributed by atoms with E-state index in [1.165, 1.54) is 25.7 Å². The van der Waals surface area contributed by atoms with Crippen LogP contribution in [0.2, 0.25) is 0 Å². The third-order valence-corrected chi connectivity index (χ3v) is 10.7. The summed E-state index contributed by atoms with van der Waals surface area (Å²) in [6.07, 6.45) is 9.45. The minimum Gasteiger partial charge on any atom is -0.393 e. The lowest BCUT2D eigenvalue weighted by atomic mass is 9.47. The van der Waals surface area contributed by atoms with Gasteiger partial charge in [0.15, 0.2) is 0 Å². The molecule has 0 radical (unpaired) electrons. The lowest BCUT2D eigenvalue weighted by Gasteiger charge is -2.63. The Labute approximate surface area is 176 Å². The van der Waals surface area contributed by atoms with Crippen molar-refractivity contribution in [2.75, 3.05) is 0 Å². The first-order valence-corrected chi connectivity index (χ1v) is 12.1. The predicted molar refractivity (Wildman–Crippen MR) is 116 cm³/mol. The van der Waals surface area contributed by atoms with Crippen molar-refractivity contribution in [3.05, 3.63) is 12.7 Å². The monoisotopic (exact) mass is 408 g/mol. The molecule has 0 saturated heterocycles. The summed E-state index contributed by atoms with van der Waals surface area (Å²) in [4.78, 5) is 0. The molecule has 4 rings (SSSR count). The highest BCUT2D eigenvalue weighted by Gasteiger charge is 2.65. The molecule has 4 saturated carbocycles. The van der Waals surface area contributed by atoms with Crippen molar-refractivity contribution in [2.45, 2.75) is 94.7 Å². The highest BCUT2D eigenvalue weighted by molar-refractivity contribution is 7.81. The Hall–Kier alpha value is -0.0300. The van der Waals surface area contributed by atoms with E-state index in [4.69, 9.17) is 12.6 Å². The molecule has 0 aromatic carbocycles. The number of rotatable bonds is 4. The molecule has 0 amide bonds. The third kappa shape index (κ3) is 3.04. The van der Waals surface area contributed by atoms with Gasteiger partial charge in [-0.2, -0.15) is 12.6 Å². The van der Waals surface area contributed by atoms with E-state index >= 15 is 0 Å². The fourth-order valence-electron chi connectivity index (χ4n) is 8.37. The molecule has 4 heteroatoms. The SMILES string of the molecule is C=CCCC(C)C1CCC2C3C(O)C(O)C4CC(O)CCC4(S)C3CCC12C. The van der Waals surface area contributed by atoms with Gasteiger partial charge in [-0.25, -0.2) is 0 Å². The van der Waals surface area contributed by atoms with Crippen molar-refractivity contribution in [3.63, 3.8) is 0 Å². The van der Waals surface area contributed by atoms with Gasteiger partial charge in [-0.05, 0) is 92.8 Å². The molecule has 0 aromatic rings. The molecule has 11 atom stereocenters. The van der Waals surface area contributed by atoms with Crippen molar-refractivity contribution < 1.29 is 15.3 Å². The second-order valence-corrected chi connectivity index (χ2v) is 11.7. The van der Waals surface area contributed by atoms with Crippen LogP contribution in [-0.2, 0) is 0 Å². The van der Waals surface area contributed by atoms with Crippen LogP contribution < -0.4 is 0 Å². The lowest BCUT2D eigenvalue weighted by Crippen LogP contribution is -2.66. The summed E-state index contributed by atoms with van der Waals surface area (Å²) in [5.74, 6) is 2.26. The Kier molecular flexibility index (Phi) is 5.75. The first-order chi connectivity index (χ1) is 13.2. The summed E-state index contributed by atoms with van der Waals surface area (Å²) in [5.41, 5.74) is 0.258. The molecule has 28 heavy (non-hydrogen) atoms. The van der Waals surface area contributed by atoms with Gasteiger partial charge in [0.1, 0.15) is 0 Å². The number of aliphatic hydroxyl groups excluding tert-OH is 3. The van der Waals surface area contributed by atoms with E-state index in [1.807, 2.05) is 6.08 Å². The zero-order valence-corrected chi connectivity index (χ0v) is 18.5. The van der Waals surface area contributed by atoms with Crippen molar-refractivity contribution in [3.8, 4) is 0 Å². The molecule has 0 spiro atoms. The molecule has 0 bridgehead atoms. The maximum absolute atomic E-state index is 11.3. The quantitative estimate of drug-likeness (QED) is 0.416. The molecule has 3 nitrogen and oxygen atoms in total. The highest BCUT2D eigenvalue weighted by Crippen LogP contribution is 2.67. The van der Waals surface area contributed by atoms with E-state index in [2.05, 4.69) is 20.4 Å². The van der Waals surface area contributed by atoms with Gasteiger partial charge in [0.25, 0.3) is 0 Å². The summed E-state index contributed by atoms with van der Waals surface area (Å²) >= 11 is 5.21. The van der Waals surface area contributed by atoms with Crippen LogP contribution >= 0.6 is 12.6 Å². The largest absolute Gasteiger partial charge is 0.393 e. The molecule has 0 aromatic heterocycles. The Balaban J connectivity index is 1.62. The van der Waals surface area contributed by atoms with Crippen LogP contribution in [-0.4, -0.2) is 38.4 Å². The lowest BCUT2D eigenvalue weighted by molar-refractivity contribution is -0.179. The van der Waals surface area contributed by atoms with E-state index < -0.39 is 12.2 Å². The maximum atomic E-state index is 11.3. The van der Waals surface area contributed by atoms with Gasteiger partial charge in [0.2, 0.25) is 0 Å². The van der Waals surface area contributed by atoms with Gasteiger partial charge < -0.3 is 15.3 Å². The van der Waals surface area contributed by atoms with E-state index in [9.17, 15) is 15.3 Å². The molecule has 3 N–H and O–H groups in total. The summed E-state index contributed by atoms with van der Waals surface area (Å²) in [5, 5.41) is 32.5. The van der Waals surface area contributed by atoms with Gasteiger partial charge in [-0.15, -0.1) is 6.58 Å². The molecular formula is C24H40O3S. The summed E-state index contributed by atoms with van der Waals surface area (Å²) in [6, 6.07) is 0. The van der Waals surface area contributed by atoms with Crippen LogP contribution in [0.5, 0.6) is 0 Å². The van der Waals surface area contributed by atoms with Crippen molar-refractivity contribution in [1.29, 1.82) is 0 Å².